The average Bonchev–Trinajstić information content (AvgIpc) is 2.94. The fourth-order valence-electron chi connectivity index (χ4n) is 1.90. The summed E-state index contributed by atoms with van der Waals surface area (Å²) in [6, 6.07) is -0.309. The summed E-state index contributed by atoms with van der Waals surface area (Å²) in [7, 11) is 0. The van der Waals surface area contributed by atoms with Crippen LogP contribution in [-0.2, 0) is 9.53 Å². The molecular formula is C12H18N4O3. The number of aromatic nitrogens is 2. The molecule has 104 valence electrons. The molecule has 0 spiro atoms. The summed E-state index contributed by atoms with van der Waals surface area (Å²) in [4.78, 5) is 28.7. The number of ether oxygens (including phenoxy) is 1. The van der Waals surface area contributed by atoms with E-state index in [9.17, 15) is 9.59 Å². The molecule has 1 fully saturated rings. The van der Waals surface area contributed by atoms with Crippen LogP contribution in [0.25, 0.3) is 0 Å². The maximum Gasteiger partial charge on any atom is 0.409 e. The van der Waals surface area contributed by atoms with E-state index in [-0.39, 0.29) is 18.0 Å². The third-order valence-corrected chi connectivity index (χ3v) is 3.09. The predicted octanol–water partition coefficient (Wildman–Crippen LogP) is 0.403. The Morgan fingerprint density at radius 2 is 2.47 bits per heavy atom. The van der Waals surface area contributed by atoms with Gasteiger partial charge in [-0.15, -0.1) is 0 Å². The quantitative estimate of drug-likeness (QED) is 0.837. The molecule has 1 aromatic rings. The van der Waals surface area contributed by atoms with Crippen molar-refractivity contribution < 1.29 is 14.3 Å². The fourth-order valence-corrected chi connectivity index (χ4v) is 1.90. The van der Waals surface area contributed by atoms with Crippen LogP contribution in [0.1, 0.15) is 19.4 Å². The molecule has 7 nitrogen and oxygen atoms in total. The van der Waals surface area contributed by atoms with Crippen molar-refractivity contribution >= 4 is 12.0 Å². The molecule has 1 aliphatic rings. The Morgan fingerprint density at radius 1 is 1.63 bits per heavy atom. The van der Waals surface area contributed by atoms with Gasteiger partial charge in [-0.2, -0.15) is 0 Å². The van der Waals surface area contributed by atoms with Crippen molar-refractivity contribution in [1.82, 2.24) is 19.8 Å². The van der Waals surface area contributed by atoms with Gasteiger partial charge in [0, 0.05) is 32.0 Å². The summed E-state index contributed by atoms with van der Waals surface area (Å²) in [6.45, 7) is 3.87. The SMILES string of the molecule is CC(C(=O)NCCN1CCCOC1=O)n1ccnc1. The van der Waals surface area contributed by atoms with E-state index < -0.39 is 0 Å². The largest absolute Gasteiger partial charge is 0.449 e. The van der Waals surface area contributed by atoms with Gasteiger partial charge in [0.15, 0.2) is 0 Å². The molecule has 0 bridgehead atoms. The number of nitrogens with zero attached hydrogens (tertiary/aromatic N) is 3. The molecule has 1 aliphatic heterocycles. The van der Waals surface area contributed by atoms with Gasteiger partial charge in [-0.3, -0.25) is 4.79 Å². The molecule has 0 radical (unpaired) electrons. The van der Waals surface area contributed by atoms with Gasteiger partial charge in [-0.25, -0.2) is 9.78 Å². The minimum absolute atomic E-state index is 0.0941. The molecule has 7 heteroatoms. The monoisotopic (exact) mass is 266 g/mol. The molecule has 2 amide bonds. The Balaban J connectivity index is 1.73. The summed E-state index contributed by atoms with van der Waals surface area (Å²) in [5.74, 6) is -0.0941. The van der Waals surface area contributed by atoms with E-state index in [2.05, 4.69) is 10.3 Å². The van der Waals surface area contributed by atoms with Crippen LogP contribution in [0, 0.1) is 0 Å². The number of amides is 2. The molecule has 0 saturated carbocycles. The molecule has 1 aromatic heterocycles. The lowest BCUT2D eigenvalue weighted by Crippen LogP contribution is -2.43. The third kappa shape index (κ3) is 3.46. The first-order valence-electron chi connectivity index (χ1n) is 6.35. The van der Waals surface area contributed by atoms with Crippen LogP contribution >= 0.6 is 0 Å². The molecule has 1 unspecified atom stereocenters. The molecule has 1 N–H and O–H groups in total. The number of carbonyl (C=O) groups is 2. The molecule has 1 atom stereocenters. The van der Waals surface area contributed by atoms with Gasteiger partial charge in [-0.05, 0) is 13.3 Å². The van der Waals surface area contributed by atoms with Gasteiger partial charge in [0.1, 0.15) is 6.04 Å². The lowest BCUT2D eigenvalue weighted by molar-refractivity contribution is -0.123. The highest BCUT2D eigenvalue weighted by Gasteiger charge is 2.19. The number of hydrogen-bond acceptors (Lipinski definition) is 4. The van der Waals surface area contributed by atoms with Crippen molar-refractivity contribution in [2.75, 3.05) is 26.2 Å². The van der Waals surface area contributed by atoms with E-state index in [4.69, 9.17) is 4.74 Å². The summed E-state index contributed by atoms with van der Waals surface area (Å²) >= 11 is 0. The minimum atomic E-state index is -0.309. The van der Waals surface area contributed by atoms with Crippen molar-refractivity contribution in [3.63, 3.8) is 0 Å². The van der Waals surface area contributed by atoms with Gasteiger partial charge >= 0.3 is 6.09 Å². The maximum absolute atomic E-state index is 11.9. The smallest absolute Gasteiger partial charge is 0.409 e. The second kappa shape index (κ2) is 6.21. The summed E-state index contributed by atoms with van der Waals surface area (Å²) in [5.41, 5.74) is 0. The van der Waals surface area contributed by atoms with Crippen LogP contribution in [-0.4, -0.2) is 52.7 Å². The van der Waals surface area contributed by atoms with E-state index in [1.54, 1.807) is 35.1 Å². The highest BCUT2D eigenvalue weighted by molar-refractivity contribution is 5.79. The van der Waals surface area contributed by atoms with Crippen LogP contribution in [0.4, 0.5) is 4.79 Å². The lowest BCUT2D eigenvalue weighted by Gasteiger charge is -2.26. The molecule has 2 rings (SSSR count). The Hall–Kier alpha value is -2.05. The first-order chi connectivity index (χ1) is 9.18. The highest BCUT2D eigenvalue weighted by atomic mass is 16.6. The Morgan fingerprint density at radius 3 is 3.16 bits per heavy atom. The second-order valence-corrected chi connectivity index (χ2v) is 4.43. The van der Waals surface area contributed by atoms with Gasteiger partial charge in [0.05, 0.1) is 12.9 Å². The van der Waals surface area contributed by atoms with E-state index in [1.165, 1.54) is 0 Å². The number of cyclic esters (lactones) is 1. The third-order valence-electron chi connectivity index (χ3n) is 3.09. The van der Waals surface area contributed by atoms with E-state index in [0.29, 0.717) is 26.2 Å². The van der Waals surface area contributed by atoms with Gasteiger partial charge in [0.2, 0.25) is 5.91 Å². The Kier molecular flexibility index (Phi) is 4.38. The second-order valence-electron chi connectivity index (χ2n) is 4.43. The normalized spacial score (nSPS) is 16.9. The first-order valence-corrected chi connectivity index (χ1v) is 6.35. The maximum atomic E-state index is 11.9. The summed E-state index contributed by atoms with van der Waals surface area (Å²) in [5, 5.41) is 2.80. The molecule has 2 heterocycles. The van der Waals surface area contributed by atoms with Crippen LogP contribution in [0.5, 0.6) is 0 Å². The molecular weight excluding hydrogens is 248 g/mol. The van der Waals surface area contributed by atoms with Crippen LogP contribution in [0.3, 0.4) is 0 Å². The molecule has 0 aliphatic carbocycles. The van der Waals surface area contributed by atoms with Crippen molar-refractivity contribution in [2.45, 2.75) is 19.4 Å². The molecule has 19 heavy (non-hydrogen) atoms. The van der Waals surface area contributed by atoms with Crippen LogP contribution in [0.2, 0.25) is 0 Å². The highest BCUT2D eigenvalue weighted by Crippen LogP contribution is 2.05. The number of carbonyl (C=O) groups excluding carboxylic acids is 2. The van der Waals surface area contributed by atoms with Gasteiger partial charge < -0.3 is 19.5 Å². The zero-order valence-corrected chi connectivity index (χ0v) is 10.9. The van der Waals surface area contributed by atoms with Crippen molar-refractivity contribution in [1.29, 1.82) is 0 Å². The minimum Gasteiger partial charge on any atom is -0.449 e. The molecule has 0 aromatic carbocycles. The lowest BCUT2D eigenvalue weighted by atomic mass is 10.3. The summed E-state index contributed by atoms with van der Waals surface area (Å²) < 4.78 is 6.64. The average molecular weight is 266 g/mol. The van der Waals surface area contributed by atoms with Crippen LogP contribution < -0.4 is 5.32 Å². The van der Waals surface area contributed by atoms with Crippen LogP contribution in [0.15, 0.2) is 18.7 Å². The number of hydrogen-bond donors (Lipinski definition) is 1. The summed E-state index contributed by atoms with van der Waals surface area (Å²) in [6.07, 6.45) is 5.51. The van der Waals surface area contributed by atoms with Gasteiger partial charge in [-0.1, -0.05) is 0 Å². The van der Waals surface area contributed by atoms with Crippen molar-refractivity contribution in [2.24, 2.45) is 0 Å². The van der Waals surface area contributed by atoms with Gasteiger partial charge in [0.25, 0.3) is 0 Å². The zero-order chi connectivity index (χ0) is 13.7. The first kappa shape index (κ1) is 13.4. The fraction of sp³-hybridized carbons (Fsp3) is 0.583. The number of imidazole rings is 1. The van der Waals surface area contributed by atoms with E-state index in [0.717, 1.165) is 6.42 Å². The topological polar surface area (TPSA) is 76.5 Å². The van der Waals surface area contributed by atoms with Crippen molar-refractivity contribution in [3.8, 4) is 0 Å². The Labute approximate surface area is 111 Å². The number of rotatable bonds is 5. The Bertz CT molecular complexity index is 432. The van der Waals surface area contributed by atoms with E-state index >= 15 is 0 Å². The van der Waals surface area contributed by atoms with Crippen molar-refractivity contribution in [3.05, 3.63) is 18.7 Å². The number of nitrogens with one attached hydrogen (secondary N) is 1. The van der Waals surface area contributed by atoms with E-state index in [1.807, 2.05) is 0 Å². The zero-order valence-electron chi connectivity index (χ0n) is 10.9. The molecule has 1 saturated heterocycles. The predicted molar refractivity (Wildman–Crippen MR) is 67.5 cm³/mol. The standard InChI is InChI=1S/C12H18N4O3/c1-10(16-6-3-13-9-16)11(17)14-4-7-15-5-2-8-19-12(15)18/h3,6,9-10H,2,4-5,7-8H2,1H3,(H,14,17).